The first kappa shape index (κ1) is 21.4. The van der Waals surface area contributed by atoms with Gasteiger partial charge in [0, 0.05) is 0 Å². The molecule has 0 aromatic carbocycles. The first-order valence-corrected chi connectivity index (χ1v) is 14.1. The Morgan fingerprint density at radius 2 is 1.14 bits per heavy atom. The maximum absolute atomic E-state index is 4.93. The van der Waals surface area contributed by atoms with E-state index >= 15 is 0 Å². The molecule has 0 aliphatic heterocycles. The van der Waals surface area contributed by atoms with E-state index in [1.54, 1.807) is 0 Å². The minimum atomic E-state index is -0.826. The van der Waals surface area contributed by atoms with Gasteiger partial charge in [0.15, 0.2) is 0 Å². The number of halogens is 2. The predicted octanol–water partition coefficient (Wildman–Crippen LogP) is 7.11. The van der Waals surface area contributed by atoms with Crippen molar-refractivity contribution < 1.29 is 20.8 Å². The van der Waals surface area contributed by atoms with Gasteiger partial charge in [-0.05, 0) is 0 Å². The summed E-state index contributed by atoms with van der Waals surface area (Å²) in [7, 11) is 9.87. The summed E-state index contributed by atoms with van der Waals surface area (Å²) in [6.07, 6.45) is 18.2. The molecule has 0 saturated heterocycles. The molecule has 0 amide bonds. The average molecular weight is 405 g/mol. The van der Waals surface area contributed by atoms with Gasteiger partial charge >= 0.3 is 37.9 Å². The van der Waals surface area contributed by atoms with Crippen LogP contribution in [0.5, 0.6) is 0 Å². The van der Waals surface area contributed by atoms with Crippen LogP contribution in [-0.4, -0.2) is 0 Å². The molecule has 0 saturated carbocycles. The Labute approximate surface area is 150 Å². The Balaban J connectivity index is 0.000000322. The fourth-order valence-corrected chi connectivity index (χ4v) is 2.08. The van der Waals surface area contributed by atoms with E-state index in [0.29, 0.717) is 0 Å². The molecule has 0 bridgehead atoms. The Morgan fingerprint density at radius 1 is 0.810 bits per heavy atom. The summed E-state index contributed by atoms with van der Waals surface area (Å²) in [6, 6.07) is 0. The van der Waals surface area contributed by atoms with Crippen molar-refractivity contribution in [3.05, 3.63) is 46.6 Å². The fourth-order valence-electron chi connectivity index (χ4n) is 2.08. The SMILES string of the molecule is CCC1=[C-]C(CC)=CC1.CCC1=[C-]C(CC)=CC1.[Cl][Zr+2][Cl]. The Bertz CT molecular complexity index is 365. The van der Waals surface area contributed by atoms with E-state index in [0.717, 1.165) is 25.7 Å². The van der Waals surface area contributed by atoms with Gasteiger partial charge in [0.25, 0.3) is 0 Å². The molecule has 2 aliphatic rings. The van der Waals surface area contributed by atoms with Gasteiger partial charge in [-0.3, -0.25) is 0 Å². The summed E-state index contributed by atoms with van der Waals surface area (Å²) >= 11 is -0.826. The summed E-state index contributed by atoms with van der Waals surface area (Å²) in [5, 5.41) is 0. The van der Waals surface area contributed by atoms with Gasteiger partial charge in [0.2, 0.25) is 0 Å². The van der Waals surface area contributed by atoms with E-state index in [4.69, 9.17) is 17.0 Å². The quantitative estimate of drug-likeness (QED) is 0.438. The number of allylic oxidation sites excluding steroid dienone is 8. The van der Waals surface area contributed by atoms with Crippen LogP contribution in [0.15, 0.2) is 34.4 Å². The van der Waals surface area contributed by atoms with E-state index in [9.17, 15) is 0 Å². The van der Waals surface area contributed by atoms with Crippen LogP contribution in [0.1, 0.15) is 66.2 Å². The molecule has 0 aromatic heterocycles. The van der Waals surface area contributed by atoms with Gasteiger partial charge < -0.3 is 0 Å². The monoisotopic (exact) mass is 402 g/mol. The predicted molar refractivity (Wildman–Crippen MR) is 91.8 cm³/mol. The molecule has 0 N–H and O–H groups in total. The van der Waals surface area contributed by atoms with Gasteiger partial charge in [-0.2, -0.15) is 11.1 Å². The average Bonchev–Trinajstić information content (AvgIpc) is 3.17. The molecule has 0 unspecified atom stereocenters. The number of hydrogen-bond donors (Lipinski definition) is 0. The van der Waals surface area contributed by atoms with Crippen molar-refractivity contribution in [2.45, 2.75) is 66.2 Å². The topological polar surface area (TPSA) is 0 Å². The second-order valence-electron chi connectivity index (χ2n) is 4.81. The van der Waals surface area contributed by atoms with Crippen LogP contribution in [0.4, 0.5) is 0 Å². The van der Waals surface area contributed by atoms with Gasteiger partial charge in [-0.1, -0.05) is 66.2 Å². The summed E-state index contributed by atoms with van der Waals surface area (Å²) in [4.78, 5) is 0. The van der Waals surface area contributed by atoms with E-state index < -0.39 is 20.8 Å². The van der Waals surface area contributed by atoms with Crippen LogP contribution < -0.4 is 0 Å². The summed E-state index contributed by atoms with van der Waals surface area (Å²) in [5.41, 5.74) is 5.72. The van der Waals surface area contributed by atoms with E-state index in [-0.39, 0.29) is 0 Å². The summed E-state index contributed by atoms with van der Waals surface area (Å²) in [6.45, 7) is 8.73. The van der Waals surface area contributed by atoms with Crippen molar-refractivity contribution in [3.8, 4) is 0 Å². The van der Waals surface area contributed by atoms with Gasteiger partial charge in [0.05, 0.1) is 0 Å². The zero-order valence-corrected chi connectivity index (χ0v) is 17.6. The molecular formula is C18H26Cl2Zr. The molecule has 0 heterocycles. The van der Waals surface area contributed by atoms with Gasteiger partial charge in [0.1, 0.15) is 0 Å². The molecule has 3 heteroatoms. The molecule has 0 radical (unpaired) electrons. The van der Waals surface area contributed by atoms with Gasteiger partial charge in [-0.25, -0.2) is 35.5 Å². The van der Waals surface area contributed by atoms with Gasteiger partial charge in [-0.15, -0.1) is 0 Å². The molecule has 2 aliphatic carbocycles. The van der Waals surface area contributed by atoms with Crippen molar-refractivity contribution in [3.63, 3.8) is 0 Å². The third-order valence-electron chi connectivity index (χ3n) is 3.48. The third-order valence-corrected chi connectivity index (χ3v) is 3.48. The molecule has 0 fully saturated rings. The Hall–Kier alpha value is 0.423. The molecule has 0 atom stereocenters. The fraction of sp³-hybridized carbons (Fsp3) is 0.556. The molecule has 116 valence electrons. The van der Waals surface area contributed by atoms with Crippen LogP contribution in [0, 0.1) is 12.2 Å². The second-order valence-corrected chi connectivity index (χ2v) is 8.54. The van der Waals surface area contributed by atoms with Crippen molar-refractivity contribution in [2.24, 2.45) is 0 Å². The van der Waals surface area contributed by atoms with Crippen LogP contribution in [0.3, 0.4) is 0 Å². The van der Waals surface area contributed by atoms with Crippen LogP contribution >= 0.6 is 17.0 Å². The number of rotatable bonds is 4. The normalized spacial score (nSPS) is 15.5. The Kier molecular flexibility index (Phi) is 14.3. The minimum absolute atomic E-state index is 0.826. The first-order chi connectivity index (χ1) is 10.1. The second kappa shape index (κ2) is 14.0. The first-order valence-electron chi connectivity index (χ1n) is 7.72. The van der Waals surface area contributed by atoms with Crippen LogP contribution in [0.25, 0.3) is 0 Å². The van der Waals surface area contributed by atoms with Crippen molar-refractivity contribution in [1.29, 1.82) is 0 Å². The molecule has 0 aromatic rings. The molecule has 0 nitrogen and oxygen atoms in total. The molecule has 2 rings (SSSR count). The zero-order chi connectivity index (χ0) is 16.1. The van der Waals surface area contributed by atoms with E-state index in [1.807, 2.05) is 0 Å². The van der Waals surface area contributed by atoms with Crippen LogP contribution in [0.2, 0.25) is 0 Å². The summed E-state index contributed by atoms with van der Waals surface area (Å²) in [5.74, 6) is 0. The van der Waals surface area contributed by atoms with Crippen LogP contribution in [-0.2, 0) is 20.8 Å². The molecule has 21 heavy (non-hydrogen) atoms. The molecule has 0 spiro atoms. The standard InChI is InChI=1S/2C9H13.2ClH.Zr/c2*1-3-8-5-6-9(4-2)7-8;;;/h2*5H,3-4,6H2,1-2H3;2*1H;/q2*-1;;;+4/p-2. The zero-order valence-electron chi connectivity index (χ0n) is 13.7. The summed E-state index contributed by atoms with van der Waals surface area (Å²) < 4.78 is 0. The maximum atomic E-state index is 4.93. The van der Waals surface area contributed by atoms with E-state index in [1.165, 1.54) is 35.1 Å². The molecular weight excluding hydrogens is 378 g/mol. The Morgan fingerprint density at radius 3 is 1.29 bits per heavy atom. The van der Waals surface area contributed by atoms with Crippen molar-refractivity contribution >= 4 is 17.0 Å². The number of hydrogen-bond acceptors (Lipinski definition) is 0. The van der Waals surface area contributed by atoms with Crippen molar-refractivity contribution in [1.82, 2.24) is 0 Å². The van der Waals surface area contributed by atoms with E-state index in [2.05, 4.69) is 52.0 Å². The van der Waals surface area contributed by atoms with Crippen molar-refractivity contribution in [2.75, 3.05) is 0 Å². The third kappa shape index (κ3) is 9.93.